The third-order valence-electron chi connectivity index (χ3n) is 0.591. The smallest absolute Gasteiger partial charge is 0.241 e. The molecule has 0 saturated heterocycles. The molecule has 44 valence electrons. The summed E-state index contributed by atoms with van der Waals surface area (Å²) in [5, 5.41) is 6.12. The summed E-state index contributed by atoms with van der Waals surface area (Å²) < 4.78 is 19.9. The van der Waals surface area contributed by atoms with Crippen molar-refractivity contribution in [3.05, 3.63) is 0 Å². The van der Waals surface area contributed by atoms with Crippen LogP contribution in [-0.2, 0) is 15.1 Å². The topological polar surface area (TPSA) is 68.1 Å². The fraction of sp³-hybridized carbons (Fsp3) is 0.500. The van der Waals surface area contributed by atoms with Gasteiger partial charge in [-0.3, -0.25) is 0 Å². The Hall–Kier alpha value is -0.910. The van der Waals surface area contributed by atoms with Crippen molar-refractivity contribution in [1.82, 2.24) is 0 Å². The van der Waals surface area contributed by atoms with E-state index < -0.39 is 10.3 Å². The Kier molecular flexibility index (Phi) is 1.25. The fourth-order valence-electron chi connectivity index (χ4n) is 0.269. The molecule has 8 heavy (non-hydrogen) atoms. The zero-order valence-electron chi connectivity index (χ0n) is 3.73. The van der Waals surface area contributed by atoms with Crippen molar-refractivity contribution in [2.24, 2.45) is 10.4 Å². The van der Waals surface area contributed by atoms with Gasteiger partial charge in [0, 0.05) is 5.28 Å². The lowest BCUT2D eigenvalue weighted by molar-refractivity contribution is 0.186. The Morgan fingerprint density at radius 1 is 1.62 bits per heavy atom. The monoisotopic (exact) mass is 134 g/mol. The molecule has 0 aromatic rings. The van der Waals surface area contributed by atoms with E-state index in [9.17, 15) is 8.42 Å². The van der Waals surface area contributed by atoms with Gasteiger partial charge >= 0.3 is 0 Å². The molecule has 0 amide bonds. The summed E-state index contributed by atoms with van der Waals surface area (Å²) in [7, 11) is -2.26. The zero-order valence-corrected chi connectivity index (χ0v) is 4.55. The first-order valence-electron chi connectivity index (χ1n) is 1.79. The molecule has 0 saturated carbocycles. The summed E-state index contributed by atoms with van der Waals surface area (Å²) in [6, 6.07) is 0. The van der Waals surface area contributed by atoms with Gasteiger partial charge in [-0.25, -0.2) is 0 Å². The summed E-state index contributed by atoms with van der Waals surface area (Å²) in [6.45, 7) is -0.0316. The van der Waals surface area contributed by atoms with Crippen LogP contribution >= 0.6 is 0 Å². The molecule has 1 aliphatic heterocycles. The van der Waals surface area contributed by atoms with E-state index in [0.29, 0.717) is 0 Å². The number of rotatable bonds is 0. The average Bonchev–Trinajstić information content (AvgIpc) is 2.12. The summed E-state index contributed by atoms with van der Waals surface area (Å²) in [4.78, 5) is 4.20. The highest BCUT2D eigenvalue weighted by Gasteiger charge is 2.05. The van der Waals surface area contributed by atoms with Crippen LogP contribution in [0.5, 0.6) is 0 Å². The molecular weight excluding hydrogens is 132 g/mol. The van der Waals surface area contributed by atoms with Gasteiger partial charge in [-0.2, -0.15) is 8.42 Å². The van der Waals surface area contributed by atoms with E-state index in [2.05, 4.69) is 15.2 Å². The van der Waals surface area contributed by atoms with Crippen molar-refractivity contribution in [3.63, 3.8) is 0 Å². The molecule has 0 aromatic carbocycles. The van der Waals surface area contributed by atoms with Crippen LogP contribution in [0.1, 0.15) is 0 Å². The predicted octanol–water partition coefficient (Wildman–Crippen LogP) is -0.607. The maximum Gasteiger partial charge on any atom is 0.241 e. The van der Waals surface area contributed by atoms with E-state index in [-0.39, 0.29) is 11.6 Å². The molecule has 5 nitrogen and oxygen atoms in total. The van der Waals surface area contributed by atoms with E-state index in [1.165, 1.54) is 0 Å². The SMILES string of the molecule is O=S(=O)=C1CON=N1. The van der Waals surface area contributed by atoms with Crippen LogP contribution < -0.4 is 0 Å². The Balaban J connectivity index is 3.07. The van der Waals surface area contributed by atoms with Crippen LogP contribution in [0.3, 0.4) is 0 Å². The number of nitrogens with zero attached hydrogens (tertiary/aromatic N) is 2. The quantitative estimate of drug-likeness (QED) is 0.415. The second kappa shape index (κ2) is 1.91. The Labute approximate surface area is 46.5 Å². The predicted molar refractivity (Wildman–Crippen MR) is 24.7 cm³/mol. The van der Waals surface area contributed by atoms with Crippen molar-refractivity contribution in [2.75, 3.05) is 6.61 Å². The molecule has 1 heterocycles. The third-order valence-corrected chi connectivity index (χ3v) is 1.17. The number of hydrogen-bond donors (Lipinski definition) is 0. The number of hydrogen-bond acceptors (Lipinski definition) is 4. The molecular formula is C2H2N2O3S. The molecule has 0 aliphatic carbocycles. The van der Waals surface area contributed by atoms with E-state index in [4.69, 9.17) is 0 Å². The first kappa shape index (κ1) is 5.23. The zero-order chi connectivity index (χ0) is 5.98. The fourth-order valence-corrected chi connectivity index (χ4v) is 0.518. The Morgan fingerprint density at radius 2 is 2.38 bits per heavy atom. The van der Waals surface area contributed by atoms with Crippen LogP contribution in [0.4, 0.5) is 0 Å². The first-order chi connectivity index (χ1) is 3.80. The molecule has 0 unspecified atom stereocenters. The van der Waals surface area contributed by atoms with Gasteiger partial charge in [-0.1, -0.05) is 5.11 Å². The van der Waals surface area contributed by atoms with Crippen LogP contribution in [-0.4, -0.2) is 20.0 Å². The Bertz CT molecular complexity index is 230. The lowest BCUT2D eigenvalue weighted by Crippen LogP contribution is -1.95. The summed E-state index contributed by atoms with van der Waals surface area (Å²) >= 11 is 0. The highest BCUT2D eigenvalue weighted by atomic mass is 32.2. The van der Waals surface area contributed by atoms with Crippen LogP contribution in [0.25, 0.3) is 0 Å². The molecule has 1 rings (SSSR count). The van der Waals surface area contributed by atoms with Crippen molar-refractivity contribution in [3.8, 4) is 0 Å². The van der Waals surface area contributed by atoms with E-state index in [1.54, 1.807) is 0 Å². The van der Waals surface area contributed by atoms with Gasteiger partial charge < -0.3 is 4.84 Å². The van der Waals surface area contributed by atoms with Gasteiger partial charge in [0.05, 0.1) is 0 Å². The van der Waals surface area contributed by atoms with Gasteiger partial charge in [0.25, 0.3) is 0 Å². The second-order valence-electron chi connectivity index (χ2n) is 1.08. The summed E-state index contributed by atoms with van der Waals surface area (Å²) in [5.41, 5.74) is 0. The van der Waals surface area contributed by atoms with Gasteiger partial charge in [-0.05, 0) is 0 Å². The minimum absolute atomic E-state index is 0.0316. The molecule has 0 fully saturated rings. The molecule has 0 atom stereocenters. The molecule has 0 aromatic heterocycles. The largest absolute Gasteiger partial charge is 0.372 e. The Morgan fingerprint density at radius 3 is 2.62 bits per heavy atom. The van der Waals surface area contributed by atoms with Crippen LogP contribution in [0, 0.1) is 0 Å². The highest BCUT2D eigenvalue weighted by molar-refractivity contribution is 7.73. The maximum absolute atomic E-state index is 9.93. The molecule has 0 radical (unpaired) electrons. The van der Waals surface area contributed by atoms with Crippen molar-refractivity contribution < 1.29 is 13.3 Å². The lowest BCUT2D eigenvalue weighted by atomic mass is 10.7. The minimum atomic E-state index is -2.26. The summed E-state index contributed by atoms with van der Waals surface area (Å²) in [6.07, 6.45) is 0. The molecule has 0 N–H and O–H groups in total. The van der Waals surface area contributed by atoms with Crippen molar-refractivity contribution in [2.45, 2.75) is 0 Å². The summed E-state index contributed by atoms with van der Waals surface area (Å²) in [5.74, 6) is 0. The molecule has 6 heteroatoms. The third kappa shape index (κ3) is 0.836. The van der Waals surface area contributed by atoms with E-state index in [1.807, 2.05) is 0 Å². The van der Waals surface area contributed by atoms with E-state index >= 15 is 0 Å². The normalized spacial score (nSPS) is 16.2. The lowest BCUT2D eigenvalue weighted by Gasteiger charge is -1.74. The van der Waals surface area contributed by atoms with E-state index in [0.717, 1.165) is 0 Å². The molecule has 1 aliphatic rings. The molecule has 0 spiro atoms. The van der Waals surface area contributed by atoms with Crippen LogP contribution in [0.15, 0.2) is 10.4 Å². The second-order valence-corrected chi connectivity index (χ2v) is 2.02. The van der Waals surface area contributed by atoms with Gasteiger partial charge in [0.15, 0.2) is 6.61 Å². The van der Waals surface area contributed by atoms with Gasteiger partial charge in [-0.15, -0.1) is 0 Å². The van der Waals surface area contributed by atoms with Gasteiger partial charge in [0.2, 0.25) is 15.3 Å². The van der Waals surface area contributed by atoms with Crippen LogP contribution in [0.2, 0.25) is 0 Å². The minimum Gasteiger partial charge on any atom is -0.372 e. The van der Waals surface area contributed by atoms with Crippen molar-refractivity contribution in [1.29, 1.82) is 0 Å². The standard InChI is InChI=1S/C2H2N2O3S/c5-8(6)2-1-7-4-3-2/h1H2. The van der Waals surface area contributed by atoms with Crippen molar-refractivity contribution >= 4 is 15.3 Å². The van der Waals surface area contributed by atoms with Gasteiger partial charge in [0.1, 0.15) is 0 Å². The first-order valence-corrected chi connectivity index (χ1v) is 2.86. The maximum atomic E-state index is 9.93. The molecule has 0 bridgehead atoms. The average molecular weight is 134 g/mol. The highest BCUT2D eigenvalue weighted by Crippen LogP contribution is 1.92.